The average molecular weight is 228 g/mol. The molecule has 0 fully saturated rings. The third-order valence-corrected chi connectivity index (χ3v) is 3.04. The van der Waals surface area contributed by atoms with Crippen LogP contribution in [0.1, 0.15) is 52.4 Å². The van der Waals surface area contributed by atoms with Gasteiger partial charge in [0.15, 0.2) is 0 Å². The predicted molar refractivity (Wildman–Crippen MR) is 74.0 cm³/mol. The van der Waals surface area contributed by atoms with Gasteiger partial charge in [0.1, 0.15) is 0 Å². The second kappa shape index (κ2) is 11.4. The number of nitrogens with zero attached hydrogens (tertiary/aromatic N) is 1. The minimum absolute atomic E-state index is 0.856. The Kier molecular flexibility index (Phi) is 11.3. The molecule has 0 heterocycles. The lowest BCUT2D eigenvalue weighted by molar-refractivity contribution is 0.309. The van der Waals surface area contributed by atoms with E-state index in [0.29, 0.717) is 0 Å². The van der Waals surface area contributed by atoms with E-state index in [0.717, 1.165) is 5.92 Å². The summed E-state index contributed by atoms with van der Waals surface area (Å²) in [7, 11) is 4.29. The van der Waals surface area contributed by atoms with Gasteiger partial charge in [-0.25, -0.2) is 0 Å². The maximum Gasteiger partial charge on any atom is -0.00217 e. The van der Waals surface area contributed by atoms with E-state index in [4.69, 9.17) is 0 Å². The highest BCUT2D eigenvalue weighted by Gasteiger charge is 1.99. The van der Waals surface area contributed by atoms with Crippen molar-refractivity contribution in [3.8, 4) is 0 Å². The van der Waals surface area contributed by atoms with Crippen LogP contribution in [0.15, 0.2) is 0 Å². The molecule has 0 unspecified atom stereocenters. The van der Waals surface area contributed by atoms with Gasteiger partial charge >= 0.3 is 0 Å². The maximum absolute atomic E-state index is 3.20. The Morgan fingerprint density at radius 3 is 2.19 bits per heavy atom. The van der Waals surface area contributed by atoms with Crippen LogP contribution in [0.4, 0.5) is 0 Å². The summed E-state index contributed by atoms with van der Waals surface area (Å²) in [6, 6.07) is 0. The summed E-state index contributed by atoms with van der Waals surface area (Å²) in [5, 5.41) is 3.20. The summed E-state index contributed by atoms with van der Waals surface area (Å²) in [6.07, 6.45) is 8.17. The Balaban J connectivity index is 3.14. The van der Waals surface area contributed by atoms with Gasteiger partial charge in [-0.1, -0.05) is 26.7 Å². The van der Waals surface area contributed by atoms with Crippen molar-refractivity contribution in [2.45, 2.75) is 52.4 Å². The van der Waals surface area contributed by atoms with Crippen molar-refractivity contribution >= 4 is 0 Å². The largest absolute Gasteiger partial charge is 0.320 e. The lowest BCUT2D eigenvalue weighted by atomic mass is 10.1. The van der Waals surface area contributed by atoms with Crippen LogP contribution in [-0.4, -0.2) is 38.6 Å². The molecule has 0 rings (SSSR count). The first-order valence-electron chi connectivity index (χ1n) is 7.00. The van der Waals surface area contributed by atoms with Crippen LogP contribution in [0, 0.1) is 5.92 Å². The van der Waals surface area contributed by atoms with Crippen molar-refractivity contribution in [2.75, 3.05) is 33.7 Å². The van der Waals surface area contributed by atoms with Crippen molar-refractivity contribution in [1.82, 2.24) is 10.2 Å². The van der Waals surface area contributed by atoms with Crippen LogP contribution in [0.5, 0.6) is 0 Å². The molecule has 0 spiro atoms. The molecule has 0 radical (unpaired) electrons. The van der Waals surface area contributed by atoms with Gasteiger partial charge in [-0.05, 0) is 65.3 Å². The minimum atomic E-state index is 0.856. The predicted octanol–water partition coefficient (Wildman–Crippen LogP) is 3.13. The summed E-state index contributed by atoms with van der Waals surface area (Å²) in [6.45, 7) is 8.33. The maximum atomic E-state index is 3.20. The minimum Gasteiger partial charge on any atom is -0.320 e. The molecule has 0 aromatic carbocycles. The van der Waals surface area contributed by atoms with E-state index in [1.165, 1.54) is 58.2 Å². The number of hydrogen-bond acceptors (Lipinski definition) is 2. The van der Waals surface area contributed by atoms with E-state index in [1.807, 2.05) is 7.05 Å². The zero-order valence-electron chi connectivity index (χ0n) is 11.9. The zero-order chi connectivity index (χ0) is 12.2. The Bertz CT molecular complexity index is 135. The van der Waals surface area contributed by atoms with E-state index < -0.39 is 0 Å². The number of hydrogen-bond donors (Lipinski definition) is 1. The Hall–Kier alpha value is -0.0800. The molecule has 0 aromatic heterocycles. The average Bonchev–Trinajstić information content (AvgIpc) is 2.22. The molecular formula is C14H32N2. The van der Waals surface area contributed by atoms with Crippen molar-refractivity contribution in [2.24, 2.45) is 5.92 Å². The second-order valence-corrected chi connectivity index (χ2v) is 5.36. The highest BCUT2D eigenvalue weighted by Crippen LogP contribution is 2.05. The fourth-order valence-electron chi connectivity index (χ4n) is 1.92. The van der Waals surface area contributed by atoms with Gasteiger partial charge in [0.25, 0.3) is 0 Å². The molecule has 98 valence electrons. The standard InChI is InChI=1S/C14H32N2/c1-14(2)10-9-13-16(4)12-8-6-5-7-11-15-3/h14-15H,5-13H2,1-4H3. The van der Waals surface area contributed by atoms with Gasteiger partial charge in [0, 0.05) is 0 Å². The van der Waals surface area contributed by atoms with Crippen molar-refractivity contribution in [1.29, 1.82) is 0 Å². The number of nitrogens with one attached hydrogen (secondary N) is 1. The van der Waals surface area contributed by atoms with Crippen LogP contribution < -0.4 is 5.32 Å². The molecule has 0 atom stereocenters. The molecule has 0 aliphatic rings. The molecule has 2 heteroatoms. The normalized spacial score (nSPS) is 11.6. The molecular weight excluding hydrogens is 196 g/mol. The van der Waals surface area contributed by atoms with Crippen LogP contribution in [0.2, 0.25) is 0 Å². The molecule has 0 aliphatic heterocycles. The fraction of sp³-hybridized carbons (Fsp3) is 1.00. The van der Waals surface area contributed by atoms with Crippen LogP contribution in [0.25, 0.3) is 0 Å². The molecule has 2 nitrogen and oxygen atoms in total. The van der Waals surface area contributed by atoms with Gasteiger partial charge in [-0.15, -0.1) is 0 Å². The summed E-state index contributed by atoms with van der Waals surface area (Å²) in [5.41, 5.74) is 0. The third kappa shape index (κ3) is 12.0. The van der Waals surface area contributed by atoms with Crippen molar-refractivity contribution in [3.05, 3.63) is 0 Å². The monoisotopic (exact) mass is 228 g/mol. The Morgan fingerprint density at radius 2 is 1.56 bits per heavy atom. The molecule has 1 N–H and O–H groups in total. The van der Waals surface area contributed by atoms with Gasteiger partial charge in [0.05, 0.1) is 0 Å². The quantitative estimate of drug-likeness (QED) is 0.547. The lowest BCUT2D eigenvalue weighted by Crippen LogP contribution is -2.21. The first-order chi connectivity index (χ1) is 7.66. The zero-order valence-corrected chi connectivity index (χ0v) is 11.9. The van der Waals surface area contributed by atoms with Crippen LogP contribution in [-0.2, 0) is 0 Å². The number of rotatable bonds is 11. The summed E-state index contributed by atoms with van der Waals surface area (Å²) in [5.74, 6) is 0.856. The van der Waals surface area contributed by atoms with Gasteiger partial charge in [-0.3, -0.25) is 0 Å². The second-order valence-electron chi connectivity index (χ2n) is 5.36. The Labute approximate surface area is 103 Å². The molecule has 0 saturated heterocycles. The molecule has 16 heavy (non-hydrogen) atoms. The van der Waals surface area contributed by atoms with Crippen LogP contribution in [0.3, 0.4) is 0 Å². The summed E-state index contributed by atoms with van der Waals surface area (Å²) < 4.78 is 0. The highest BCUT2D eigenvalue weighted by atomic mass is 15.1. The van der Waals surface area contributed by atoms with E-state index in [2.05, 4.69) is 31.1 Å². The van der Waals surface area contributed by atoms with E-state index >= 15 is 0 Å². The van der Waals surface area contributed by atoms with Gasteiger partial charge < -0.3 is 10.2 Å². The topological polar surface area (TPSA) is 15.3 Å². The SMILES string of the molecule is CNCCCCCCN(C)CCCC(C)C. The molecule has 0 aliphatic carbocycles. The lowest BCUT2D eigenvalue weighted by Gasteiger charge is -2.16. The van der Waals surface area contributed by atoms with E-state index in [-0.39, 0.29) is 0 Å². The number of unbranched alkanes of at least 4 members (excludes halogenated alkanes) is 3. The fourth-order valence-corrected chi connectivity index (χ4v) is 1.92. The summed E-state index contributed by atoms with van der Waals surface area (Å²) in [4.78, 5) is 2.49. The first-order valence-corrected chi connectivity index (χ1v) is 7.00. The molecule has 0 saturated carbocycles. The highest BCUT2D eigenvalue weighted by molar-refractivity contribution is 4.55. The summed E-state index contributed by atoms with van der Waals surface area (Å²) >= 11 is 0. The molecule has 0 aromatic rings. The van der Waals surface area contributed by atoms with Gasteiger partial charge in [-0.2, -0.15) is 0 Å². The Morgan fingerprint density at radius 1 is 0.938 bits per heavy atom. The van der Waals surface area contributed by atoms with Gasteiger partial charge in [0.2, 0.25) is 0 Å². The third-order valence-electron chi connectivity index (χ3n) is 3.04. The van der Waals surface area contributed by atoms with E-state index in [1.54, 1.807) is 0 Å². The van der Waals surface area contributed by atoms with E-state index in [9.17, 15) is 0 Å². The smallest absolute Gasteiger partial charge is 0.00217 e. The van der Waals surface area contributed by atoms with Crippen LogP contribution >= 0.6 is 0 Å². The first kappa shape index (κ1) is 15.9. The van der Waals surface area contributed by atoms with Crippen molar-refractivity contribution in [3.63, 3.8) is 0 Å². The van der Waals surface area contributed by atoms with Crippen molar-refractivity contribution < 1.29 is 0 Å². The molecule has 0 bridgehead atoms. The molecule has 0 amide bonds.